The van der Waals surface area contributed by atoms with Crippen LogP contribution in [0.15, 0.2) is 14.6 Å². The molecule has 7 nitrogen and oxygen atoms in total. The summed E-state index contributed by atoms with van der Waals surface area (Å²) in [4.78, 5) is 30.7. The lowest BCUT2D eigenvalue weighted by Gasteiger charge is -2.22. The number of quaternary nitrogens is 1. The van der Waals surface area contributed by atoms with Crippen molar-refractivity contribution < 1.29 is 10.0 Å². The van der Waals surface area contributed by atoms with Crippen molar-refractivity contribution in [1.82, 2.24) is 9.55 Å². The second kappa shape index (κ2) is 6.51. The Hall–Kier alpha value is -1.89. The van der Waals surface area contributed by atoms with Crippen molar-refractivity contribution in [3.63, 3.8) is 0 Å². The van der Waals surface area contributed by atoms with Gasteiger partial charge in [0.05, 0.1) is 26.2 Å². The lowest BCUT2D eigenvalue weighted by atomic mass is 10.1. The van der Waals surface area contributed by atoms with E-state index in [9.17, 15) is 14.7 Å². The molecule has 1 aliphatic heterocycles. The predicted octanol–water partition coefficient (Wildman–Crippen LogP) is -1.73. The van der Waals surface area contributed by atoms with Crippen LogP contribution in [0.5, 0.6) is 5.88 Å². The number of rotatable bonds is 4. The molecule has 0 radical (unpaired) electrons. The van der Waals surface area contributed by atoms with E-state index in [1.165, 1.54) is 50.5 Å². The van der Waals surface area contributed by atoms with Gasteiger partial charge >= 0.3 is 5.69 Å². The highest BCUT2D eigenvalue weighted by atomic mass is 16.3. The van der Waals surface area contributed by atoms with Crippen molar-refractivity contribution in [3.05, 3.63) is 26.4 Å². The average Bonchev–Trinajstić information content (AvgIpc) is 2.45. The zero-order chi connectivity index (χ0) is 14.5. The molecule has 2 rings (SSSR count). The summed E-state index contributed by atoms with van der Waals surface area (Å²) in [5, 5.41) is 9.75. The molecule has 2 heterocycles. The van der Waals surface area contributed by atoms with Crippen LogP contribution in [0.25, 0.3) is 0 Å². The summed E-state index contributed by atoms with van der Waals surface area (Å²) in [7, 11) is 1.39. The Morgan fingerprint density at radius 1 is 1.35 bits per heavy atom. The standard InChI is InChI=1S/C13H20N4O3/c1-16-12(19)10(11(18)15-13(16)20)9-14-5-8-17-6-3-2-4-7-17/h9,19H,2-8H2,1H3,(H,15,18,20)/p+1. The van der Waals surface area contributed by atoms with Gasteiger partial charge in [-0.1, -0.05) is 0 Å². The molecule has 1 saturated heterocycles. The summed E-state index contributed by atoms with van der Waals surface area (Å²) in [6.45, 7) is 3.90. The molecule has 0 aliphatic carbocycles. The highest BCUT2D eigenvalue weighted by molar-refractivity contribution is 5.81. The van der Waals surface area contributed by atoms with Crippen LogP contribution in [0.1, 0.15) is 24.8 Å². The van der Waals surface area contributed by atoms with Gasteiger partial charge in [0, 0.05) is 13.3 Å². The maximum absolute atomic E-state index is 11.6. The molecule has 1 aromatic rings. The van der Waals surface area contributed by atoms with E-state index in [0.717, 1.165) is 11.1 Å². The highest BCUT2D eigenvalue weighted by Gasteiger charge is 2.12. The normalized spacial score (nSPS) is 16.9. The lowest BCUT2D eigenvalue weighted by molar-refractivity contribution is -0.903. The van der Waals surface area contributed by atoms with E-state index < -0.39 is 11.2 Å². The number of nitrogens with one attached hydrogen (secondary N) is 2. The predicted molar refractivity (Wildman–Crippen MR) is 75.8 cm³/mol. The van der Waals surface area contributed by atoms with Crippen molar-refractivity contribution in [2.45, 2.75) is 19.3 Å². The minimum absolute atomic E-state index is 0.0285. The van der Waals surface area contributed by atoms with Gasteiger partial charge in [0.2, 0.25) is 5.88 Å². The zero-order valence-corrected chi connectivity index (χ0v) is 11.7. The van der Waals surface area contributed by atoms with E-state index in [2.05, 4.69) is 9.98 Å². The van der Waals surface area contributed by atoms with Gasteiger partial charge in [0.15, 0.2) is 0 Å². The van der Waals surface area contributed by atoms with Crippen LogP contribution in [-0.4, -0.2) is 47.1 Å². The number of H-pyrrole nitrogens is 1. The summed E-state index contributed by atoms with van der Waals surface area (Å²) >= 11 is 0. The van der Waals surface area contributed by atoms with Gasteiger partial charge in [0.1, 0.15) is 5.56 Å². The van der Waals surface area contributed by atoms with Gasteiger partial charge in [0.25, 0.3) is 5.56 Å². The molecule has 0 saturated carbocycles. The van der Waals surface area contributed by atoms with E-state index >= 15 is 0 Å². The fourth-order valence-corrected chi connectivity index (χ4v) is 2.42. The molecule has 110 valence electrons. The van der Waals surface area contributed by atoms with E-state index in [-0.39, 0.29) is 11.4 Å². The summed E-state index contributed by atoms with van der Waals surface area (Å²) in [5.74, 6) is -0.354. The first-order chi connectivity index (χ1) is 9.59. The highest BCUT2D eigenvalue weighted by Crippen LogP contribution is 2.04. The van der Waals surface area contributed by atoms with E-state index in [1.54, 1.807) is 0 Å². The van der Waals surface area contributed by atoms with Gasteiger partial charge in [-0.25, -0.2) is 4.79 Å². The SMILES string of the molecule is Cn1c(O)c(C=NCC[NH+]2CCCCC2)c(=O)[nH]c1=O. The molecule has 0 atom stereocenters. The first-order valence-corrected chi connectivity index (χ1v) is 6.95. The monoisotopic (exact) mass is 281 g/mol. The molecule has 7 heteroatoms. The Morgan fingerprint density at radius 2 is 2.05 bits per heavy atom. The number of aromatic hydroxyl groups is 1. The Balaban J connectivity index is 1.99. The van der Waals surface area contributed by atoms with Crippen molar-refractivity contribution in [2.24, 2.45) is 12.0 Å². The number of aromatic nitrogens is 2. The van der Waals surface area contributed by atoms with Crippen molar-refractivity contribution in [3.8, 4) is 5.88 Å². The Kier molecular flexibility index (Phi) is 4.73. The van der Waals surface area contributed by atoms with Gasteiger partial charge in [-0.15, -0.1) is 0 Å². The molecule has 0 spiro atoms. The minimum atomic E-state index is -0.637. The van der Waals surface area contributed by atoms with Crippen LogP contribution in [0.3, 0.4) is 0 Å². The molecular formula is C13H21N4O3+. The Morgan fingerprint density at radius 3 is 2.75 bits per heavy atom. The molecule has 1 fully saturated rings. The average molecular weight is 281 g/mol. The number of hydrogen-bond donors (Lipinski definition) is 3. The molecule has 3 N–H and O–H groups in total. The maximum atomic E-state index is 11.6. The molecule has 1 aliphatic rings. The van der Waals surface area contributed by atoms with Gasteiger partial charge < -0.3 is 10.0 Å². The molecule has 0 bridgehead atoms. The van der Waals surface area contributed by atoms with Crippen molar-refractivity contribution >= 4 is 6.21 Å². The fourth-order valence-electron chi connectivity index (χ4n) is 2.42. The number of hydrogen-bond acceptors (Lipinski definition) is 4. The van der Waals surface area contributed by atoms with Gasteiger partial charge in [-0.2, -0.15) is 0 Å². The molecule has 0 amide bonds. The topological polar surface area (TPSA) is 91.9 Å². The number of aromatic amines is 1. The molecule has 0 unspecified atom stereocenters. The fraction of sp³-hybridized carbons (Fsp3) is 0.615. The molecule has 0 aromatic carbocycles. The van der Waals surface area contributed by atoms with Crippen LogP contribution < -0.4 is 16.1 Å². The molecule has 1 aromatic heterocycles. The molecule has 20 heavy (non-hydrogen) atoms. The van der Waals surface area contributed by atoms with E-state index in [4.69, 9.17) is 0 Å². The minimum Gasteiger partial charge on any atom is -0.494 e. The number of likely N-dealkylation sites (tertiary alicyclic amines) is 1. The third-order valence-electron chi connectivity index (χ3n) is 3.70. The van der Waals surface area contributed by atoms with E-state index in [0.29, 0.717) is 6.54 Å². The summed E-state index contributed by atoms with van der Waals surface area (Å²) in [6, 6.07) is 0. The van der Waals surface area contributed by atoms with Crippen molar-refractivity contribution in [2.75, 3.05) is 26.2 Å². The summed E-state index contributed by atoms with van der Waals surface area (Å²) < 4.78 is 0.985. The number of piperidine rings is 1. The van der Waals surface area contributed by atoms with Crippen LogP contribution in [0, 0.1) is 0 Å². The smallest absolute Gasteiger partial charge is 0.330 e. The van der Waals surface area contributed by atoms with Gasteiger partial charge in [-0.05, 0) is 19.3 Å². The van der Waals surface area contributed by atoms with Gasteiger partial charge in [-0.3, -0.25) is 19.3 Å². The lowest BCUT2D eigenvalue weighted by Crippen LogP contribution is -3.13. The van der Waals surface area contributed by atoms with Crippen LogP contribution in [-0.2, 0) is 7.05 Å². The van der Waals surface area contributed by atoms with Crippen LogP contribution >= 0.6 is 0 Å². The maximum Gasteiger partial charge on any atom is 0.330 e. The third-order valence-corrected chi connectivity index (χ3v) is 3.70. The van der Waals surface area contributed by atoms with Crippen LogP contribution in [0.2, 0.25) is 0 Å². The first kappa shape index (κ1) is 14.5. The zero-order valence-electron chi connectivity index (χ0n) is 11.7. The van der Waals surface area contributed by atoms with Crippen molar-refractivity contribution in [1.29, 1.82) is 0 Å². The first-order valence-electron chi connectivity index (χ1n) is 6.95. The number of aliphatic imine (C=N–C) groups is 1. The Bertz CT molecular complexity index is 597. The second-order valence-electron chi connectivity index (χ2n) is 5.15. The summed E-state index contributed by atoms with van der Waals surface area (Å²) in [5.41, 5.74) is -1.22. The molecular weight excluding hydrogens is 260 g/mol. The second-order valence-corrected chi connectivity index (χ2v) is 5.15. The van der Waals surface area contributed by atoms with Crippen LogP contribution in [0.4, 0.5) is 0 Å². The quantitative estimate of drug-likeness (QED) is 0.573. The largest absolute Gasteiger partial charge is 0.494 e. The van der Waals surface area contributed by atoms with E-state index in [1.807, 2.05) is 0 Å². The third kappa shape index (κ3) is 3.36. The summed E-state index contributed by atoms with van der Waals surface area (Å²) in [6.07, 6.45) is 5.19. The number of nitrogens with zero attached hydrogens (tertiary/aromatic N) is 2. The Labute approximate surface area is 116 Å².